The number of hydrogen-bond acceptors (Lipinski definition) is 2. The van der Waals surface area contributed by atoms with Crippen molar-refractivity contribution in [3.8, 4) is 6.07 Å². The number of halogens is 3. The summed E-state index contributed by atoms with van der Waals surface area (Å²) in [6, 6.07) is 2.14. The summed E-state index contributed by atoms with van der Waals surface area (Å²) in [7, 11) is 0. The number of piperidine rings is 1. The monoisotopic (exact) mass is 232 g/mol. The first-order chi connectivity index (χ1) is 7.42. The van der Waals surface area contributed by atoms with E-state index in [4.69, 9.17) is 5.26 Å². The molecule has 4 atom stereocenters. The van der Waals surface area contributed by atoms with Crippen LogP contribution in [0.25, 0.3) is 0 Å². The van der Waals surface area contributed by atoms with Crippen LogP contribution in [0.5, 0.6) is 0 Å². The smallest absolute Gasteiger partial charge is 0.289 e. The summed E-state index contributed by atoms with van der Waals surface area (Å²) in [5.41, 5.74) is 0. The van der Waals surface area contributed by atoms with E-state index in [1.54, 1.807) is 4.90 Å². The molecule has 2 bridgehead atoms. The number of nitriles is 1. The zero-order valence-corrected chi connectivity index (χ0v) is 9.17. The Hall–Kier alpha value is -0.760. The van der Waals surface area contributed by atoms with Gasteiger partial charge in [0, 0.05) is 12.1 Å². The van der Waals surface area contributed by atoms with Crippen LogP contribution < -0.4 is 0 Å². The van der Waals surface area contributed by atoms with E-state index in [9.17, 15) is 13.2 Å². The van der Waals surface area contributed by atoms with Gasteiger partial charge in [-0.15, -0.1) is 0 Å². The van der Waals surface area contributed by atoms with E-state index < -0.39 is 12.7 Å². The fourth-order valence-corrected chi connectivity index (χ4v) is 3.18. The summed E-state index contributed by atoms with van der Waals surface area (Å²) in [5.74, 6) is -0.00640. The highest BCUT2D eigenvalue weighted by molar-refractivity contribution is 5.04. The summed E-state index contributed by atoms with van der Waals surface area (Å²) in [4.78, 5) is 1.57. The molecule has 0 aromatic carbocycles. The summed E-state index contributed by atoms with van der Waals surface area (Å²) >= 11 is 0. The number of hydrogen-bond donors (Lipinski definition) is 0. The quantitative estimate of drug-likeness (QED) is 0.694. The first-order valence-corrected chi connectivity index (χ1v) is 5.64. The van der Waals surface area contributed by atoms with E-state index in [1.165, 1.54) is 0 Å². The molecule has 2 heterocycles. The Labute approximate surface area is 93.0 Å². The van der Waals surface area contributed by atoms with Gasteiger partial charge in [-0.1, -0.05) is 6.92 Å². The van der Waals surface area contributed by atoms with Gasteiger partial charge >= 0.3 is 6.18 Å². The van der Waals surface area contributed by atoms with Crippen molar-refractivity contribution in [2.75, 3.05) is 6.54 Å². The lowest BCUT2D eigenvalue weighted by atomic mass is 9.82. The van der Waals surface area contributed by atoms with Crippen LogP contribution in [0, 0.1) is 23.2 Å². The Bertz CT molecular complexity index is 307. The van der Waals surface area contributed by atoms with Crippen molar-refractivity contribution < 1.29 is 13.2 Å². The molecule has 2 fully saturated rings. The molecule has 0 aromatic heterocycles. The molecule has 0 spiro atoms. The van der Waals surface area contributed by atoms with E-state index in [0.29, 0.717) is 6.42 Å². The van der Waals surface area contributed by atoms with E-state index in [-0.39, 0.29) is 23.9 Å². The topological polar surface area (TPSA) is 27.0 Å². The molecule has 2 aliphatic heterocycles. The van der Waals surface area contributed by atoms with Crippen molar-refractivity contribution in [3.63, 3.8) is 0 Å². The molecule has 2 aliphatic rings. The van der Waals surface area contributed by atoms with E-state index in [0.717, 1.165) is 12.8 Å². The standard InChI is InChI=1S/C11H15F3N2/c1-7-8(5-15)4-9-2-3-10(7)16(9)6-11(12,13)14/h7-10H,2-4,6H2,1H3. The lowest BCUT2D eigenvalue weighted by Gasteiger charge is -2.41. The van der Waals surface area contributed by atoms with Crippen LogP contribution in [0.15, 0.2) is 0 Å². The number of fused-ring (bicyclic) bond motifs is 2. The van der Waals surface area contributed by atoms with Gasteiger partial charge in [-0.2, -0.15) is 18.4 Å². The summed E-state index contributed by atoms with van der Waals surface area (Å²) in [6.45, 7) is 1.09. The molecular formula is C11H15F3N2. The largest absolute Gasteiger partial charge is 0.401 e. The van der Waals surface area contributed by atoms with Crippen LogP contribution in [0.1, 0.15) is 26.2 Å². The molecule has 0 radical (unpaired) electrons. The number of nitrogens with zero attached hydrogens (tertiary/aromatic N) is 2. The highest BCUT2D eigenvalue weighted by Gasteiger charge is 2.48. The molecular weight excluding hydrogens is 217 g/mol. The zero-order valence-electron chi connectivity index (χ0n) is 9.17. The molecule has 2 saturated heterocycles. The van der Waals surface area contributed by atoms with Crippen molar-refractivity contribution in [2.24, 2.45) is 11.8 Å². The van der Waals surface area contributed by atoms with Crippen LogP contribution >= 0.6 is 0 Å². The summed E-state index contributed by atoms with van der Waals surface area (Å²) < 4.78 is 37.2. The van der Waals surface area contributed by atoms with Gasteiger partial charge in [-0.25, -0.2) is 0 Å². The number of rotatable bonds is 1. The molecule has 0 aromatic rings. The minimum Gasteiger partial charge on any atom is -0.289 e. The van der Waals surface area contributed by atoms with E-state index in [1.807, 2.05) is 6.92 Å². The van der Waals surface area contributed by atoms with Crippen LogP contribution in [0.3, 0.4) is 0 Å². The molecule has 0 amide bonds. The number of alkyl halides is 3. The Balaban J connectivity index is 2.11. The second-order valence-corrected chi connectivity index (χ2v) is 4.92. The Morgan fingerprint density at radius 1 is 1.38 bits per heavy atom. The molecule has 0 aliphatic carbocycles. The van der Waals surface area contributed by atoms with Crippen molar-refractivity contribution in [3.05, 3.63) is 0 Å². The fourth-order valence-electron chi connectivity index (χ4n) is 3.18. The van der Waals surface area contributed by atoms with Crippen LogP contribution in [0.2, 0.25) is 0 Å². The third-order valence-corrected chi connectivity index (χ3v) is 3.99. The second kappa shape index (κ2) is 3.92. The van der Waals surface area contributed by atoms with Crippen molar-refractivity contribution >= 4 is 0 Å². The first kappa shape index (κ1) is 11.7. The first-order valence-electron chi connectivity index (χ1n) is 5.64. The molecule has 0 N–H and O–H groups in total. The fraction of sp³-hybridized carbons (Fsp3) is 0.909. The Morgan fingerprint density at radius 2 is 2.06 bits per heavy atom. The lowest BCUT2D eigenvalue weighted by Crippen LogP contribution is -2.50. The predicted molar refractivity (Wildman–Crippen MR) is 52.5 cm³/mol. The van der Waals surface area contributed by atoms with Crippen molar-refractivity contribution in [1.29, 1.82) is 5.26 Å². The SMILES string of the molecule is CC1C(C#N)CC2CCC1N2CC(F)(F)F. The molecule has 4 unspecified atom stereocenters. The van der Waals surface area contributed by atoms with Gasteiger partial charge < -0.3 is 0 Å². The van der Waals surface area contributed by atoms with Gasteiger partial charge in [0.2, 0.25) is 0 Å². The lowest BCUT2D eigenvalue weighted by molar-refractivity contribution is -0.159. The predicted octanol–water partition coefficient (Wildman–Crippen LogP) is 2.56. The third-order valence-electron chi connectivity index (χ3n) is 3.99. The van der Waals surface area contributed by atoms with Crippen molar-refractivity contribution in [1.82, 2.24) is 4.90 Å². The molecule has 2 rings (SSSR count). The molecule has 2 nitrogen and oxygen atoms in total. The van der Waals surface area contributed by atoms with E-state index in [2.05, 4.69) is 6.07 Å². The minimum atomic E-state index is -4.12. The van der Waals surface area contributed by atoms with Gasteiger partial charge in [0.1, 0.15) is 0 Å². The average Bonchev–Trinajstić information content (AvgIpc) is 2.44. The Kier molecular flexibility index (Phi) is 2.87. The van der Waals surface area contributed by atoms with Crippen LogP contribution in [-0.4, -0.2) is 29.7 Å². The zero-order chi connectivity index (χ0) is 11.9. The average molecular weight is 232 g/mol. The molecule has 5 heteroatoms. The molecule has 90 valence electrons. The second-order valence-electron chi connectivity index (χ2n) is 4.92. The normalized spacial score (nSPS) is 39.7. The van der Waals surface area contributed by atoms with Gasteiger partial charge in [0.25, 0.3) is 0 Å². The third kappa shape index (κ3) is 2.03. The molecule has 0 saturated carbocycles. The van der Waals surface area contributed by atoms with E-state index >= 15 is 0 Å². The maximum atomic E-state index is 12.4. The van der Waals surface area contributed by atoms with Gasteiger partial charge in [0.15, 0.2) is 0 Å². The van der Waals surface area contributed by atoms with Gasteiger partial charge in [0.05, 0.1) is 18.5 Å². The maximum absolute atomic E-state index is 12.4. The van der Waals surface area contributed by atoms with Gasteiger partial charge in [-0.05, 0) is 25.2 Å². The molecule has 16 heavy (non-hydrogen) atoms. The van der Waals surface area contributed by atoms with Crippen LogP contribution in [0.4, 0.5) is 13.2 Å². The van der Waals surface area contributed by atoms with Gasteiger partial charge in [-0.3, -0.25) is 4.90 Å². The maximum Gasteiger partial charge on any atom is 0.401 e. The summed E-state index contributed by atoms with van der Waals surface area (Å²) in [5, 5.41) is 8.95. The highest BCUT2D eigenvalue weighted by atomic mass is 19.4. The van der Waals surface area contributed by atoms with Crippen LogP contribution in [-0.2, 0) is 0 Å². The Morgan fingerprint density at radius 3 is 2.62 bits per heavy atom. The minimum absolute atomic E-state index is 0.0347. The van der Waals surface area contributed by atoms with Crippen molar-refractivity contribution in [2.45, 2.75) is 44.4 Å². The summed E-state index contributed by atoms with van der Waals surface area (Å²) in [6.07, 6.45) is -1.91. The highest BCUT2D eigenvalue weighted by Crippen LogP contribution is 2.43.